The molecule has 3 N–H and O–H groups in total. The smallest absolute Gasteiger partial charge is 0.322 e. The number of anilines is 1. The zero-order valence-electron chi connectivity index (χ0n) is 16.2. The van der Waals surface area contributed by atoms with Gasteiger partial charge >= 0.3 is 5.97 Å². The van der Waals surface area contributed by atoms with Gasteiger partial charge < -0.3 is 15.7 Å². The van der Waals surface area contributed by atoms with Gasteiger partial charge in [-0.2, -0.15) is 0 Å². The summed E-state index contributed by atoms with van der Waals surface area (Å²) in [4.78, 5) is 35.3. The monoisotopic (exact) mass is 382 g/mol. The highest BCUT2D eigenvalue weighted by molar-refractivity contribution is 5.99. The Morgan fingerprint density at radius 2 is 1.54 bits per heavy atom. The zero-order valence-corrected chi connectivity index (χ0v) is 16.2. The molecule has 0 aliphatic carbocycles. The lowest BCUT2D eigenvalue weighted by atomic mass is 9.75. The van der Waals surface area contributed by atoms with Crippen LogP contribution in [0.4, 0.5) is 5.69 Å². The number of nitrogens with one attached hydrogen (secondary N) is 2. The molecule has 6 nitrogen and oxygen atoms in total. The van der Waals surface area contributed by atoms with Crippen LogP contribution >= 0.6 is 0 Å². The highest BCUT2D eigenvalue weighted by Crippen LogP contribution is 2.33. The molecule has 0 atom stereocenters. The summed E-state index contributed by atoms with van der Waals surface area (Å²) in [5.74, 6) is -1.50. The summed E-state index contributed by atoms with van der Waals surface area (Å²) < 4.78 is 0. The molecule has 0 radical (unpaired) electrons. The van der Waals surface area contributed by atoms with E-state index in [0.29, 0.717) is 18.5 Å². The summed E-state index contributed by atoms with van der Waals surface area (Å²) in [6.45, 7) is 3.62. The largest absolute Gasteiger partial charge is 0.480 e. The van der Waals surface area contributed by atoms with Crippen molar-refractivity contribution in [3.05, 3.63) is 65.7 Å². The Morgan fingerprint density at radius 3 is 2.07 bits per heavy atom. The Hall–Kier alpha value is -3.15. The van der Waals surface area contributed by atoms with E-state index in [1.54, 1.807) is 24.3 Å². The van der Waals surface area contributed by atoms with Crippen molar-refractivity contribution >= 4 is 23.5 Å². The first kappa shape index (κ1) is 21.2. The molecule has 0 unspecified atom stereocenters. The van der Waals surface area contributed by atoms with E-state index in [9.17, 15) is 14.4 Å². The van der Waals surface area contributed by atoms with Crippen LogP contribution in [-0.4, -0.2) is 29.4 Å². The van der Waals surface area contributed by atoms with E-state index in [2.05, 4.69) is 10.6 Å². The van der Waals surface area contributed by atoms with Gasteiger partial charge in [0.25, 0.3) is 0 Å². The van der Waals surface area contributed by atoms with Crippen LogP contribution in [0.3, 0.4) is 0 Å². The summed E-state index contributed by atoms with van der Waals surface area (Å²) in [6.07, 6.45) is 1.45. The number of carboxylic acids is 1. The first-order valence-electron chi connectivity index (χ1n) is 9.35. The van der Waals surface area contributed by atoms with Gasteiger partial charge in [-0.15, -0.1) is 0 Å². The molecule has 0 aliphatic heterocycles. The molecule has 0 fully saturated rings. The van der Waals surface area contributed by atoms with Crippen molar-refractivity contribution in [3.63, 3.8) is 0 Å². The standard InChI is InChI=1S/C22H26N2O4/c1-3-22(4-2,17-8-6-5-7-9-17)21(28)24-18-12-10-16(11-13-18)14-19(25)23-15-20(26)27/h5-13H,3-4,14-15H2,1-2H3,(H,23,25)(H,24,28)(H,26,27). The van der Waals surface area contributed by atoms with Crippen molar-refractivity contribution in [2.45, 2.75) is 38.5 Å². The first-order chi connectivity index (χ1) is 13.4. The van der Waals surface area contributed by atoms with Crippen molar-refractivity contribution < 1.29 is 19.5 Å². The fourth-order valence-electron chi connectivity index (χ4n) is 3.25. The summed E-state index contributed by atoms with van der Waals surface area (Å²) in [5.41, 5.74) is 1.78. The van der Waals surface area contributed by atoms with Crippen LogP contribution in [0.2, 0.25) is 0 Å². The van der Waals surface area contributed by atoms with Crippen molar-refractivity contribution in [3.8, 4) is 0 Å². The second-order valence-corrected chi connectivity index (χ2v) is 6.65. The summed E-state index contributed by atoms with van der Waals surface area (Å²) >= 11 is 0. The Balaban J connectivity index is 2.07. The van der Waals surface area contributed by atoms with E-state index in [1.807, 2.05) is 44.2 Å². The number of carboxylic acid groups (broad SMARTS) is 1. The molecule has 2 rings (SSSR count). The van der Waals surface area contributed by atoms with E-state index in [1.165, 1.54) is 0 Å². The fraction of sp³-hybridized carbons (Fsp3) is 0.318. The molecular weight excluding hydrogens is 356 g/mol. The molecule has 0 heterocycles. The van der Waals surface area contributed by atoms with Gasteiger partial charge in [-0.05, 0) is 36.1 Å². The molecule has 2 aromatic rings. The molecule has 0 saturated carbocycles. The van der Waals surface area contributed by atoms with Gasteiger partial charge in [0.2, 0.25) is 11.8 Å². The average Bonchev–Trinajstić information content (AvgIpc) is 2.70. The van der Waals surface area contributed by atoms with Gasteiger partial charge in [-0.1, -0.05) is 56.3 Å². The number of benzene rings is 2. The minimum atomic E-state index is -1.08. The molecular formula is C22H26N2O4. The third-order valence-corrected chi connectivity index (χ3v) is 4.98. The van der Waals surface area contributed by atoms with Crippen LogP contribution in [0.5, 0.6) is 0 Å². The molecule has 0 bridgehead atoms. The van der Waals surface area contributed by atoms with Crippen LogP contribution in [0.25, 0.3) is 0 Å². The second-order valence-electron chi connectivity index (χ2n) is 6.65. The maximum atomic E-state index is 13.1. The first-order valence-corrected chi connectivity index (χ1v) is 9.35. The number of carbonyl (C=O) groups is 3. The Labute approximate surface area is 165 Å². The van der Waals surface area contributed by atoms with Crippen LogP contribution in [-0.2, 0) is 26.2 Å². The number of hydrogen-bond donors (Lipinski definition) is 3. The van der Waals surface area contributed by atoms with Crippen molar-refractivity contribution in [2.75, 3.05) is 11.9 Å². The number of rotatable bonds is 9. The highest BCUT2D eigenvalue weighted by atomic mass is 16.4. The van der Waals surface area contributed by atoms with E-state index in [0.717, 1.165) is 11.1 Å². The lowest BCUT2D eigenvalue weighted by Crippen LogP contribution is -2.39. The predicted octanol–water partition coefficient (Wildman–Crippen LogP) is 3.13. The molecule has 28 heavy (non-hydrogen) atoms. The predicted molar refractivity (Wildman–Crippen MR) is 108 cm³/mol. The third-order valence-electron chi connectivity index (χ3n) is 4.98. The van der Waals surface area contributed by atoms with Gasteiger partial charge in [0.15, 0.2) is 0 Å². The number of hydrogen-bond acceptors (Lipinski definition) is 3. The van der Waals surface area contributed by atoms with Crippen LogP contribution < -0.4 is 10.6 Å². The van der Waals surface area contributed by atoms with Crippen molar-refractivity contribution in [2.24, 2.45) is 0 Å². The topological polar surface area (TPSA) is 95.5 Å². The SMILES string of the molecule is CCC(CC)(C(=O)Nc1ccc(CC(=O)NCC(=O)O)cc1)c1ccccc1. The maximum Gasteiger partial charge on any atom is 0.322 e. The Kier molecular flexibility index (Phi) is 7.32. The van der Waals surface area contributed by atoms with E-state index in [-0.39, 0.29) is 18.2 Å². The van der Waals surface area contributed by atoms with Gasteiger partial charge in [-0.25, -0.2) is 0 Å². The van der Waals surface area contributed by atoms with E-state index >= 15 is 0 Å². The highest BCUT2D eigenvalue weighted by Gasteiger charge is 2.36. The van der Waals surface area contributed by atoms with Gasteiger partial charge in [0, 0.05) is 5.69 Å². The average molecular weight is 382 g/mol. The summed E-state index contributed by atoms with van der Waals surface area (Å²) in [6, 6.07) is 16.8. The minimum absolute atomic E-state index is 0.0596. The Morgan fingerprint density at radius 1 is 0.929 bits per heavy atom. The fourth-order valence-corrected chi connectivity index (χ4v) is 3.25. The molecule has 148 valence electrons. The van der Waals surface area contributed by atoms with Crippen LogP contribution in [0, 0.1) is 0 Å². The summed E-state index contributed by atoms with van der Waals surface area (Å²) in [7, 11) is 0. The van der Waals surface area contributed by atoms with Crippen LogP contribution in [0.15, 0.2) is 54.6 Å². The quantitative estimate of drug-likeness (QED) is 0.621. The number of aliphatic carboxylic acids is 1. The minimum Gasteiger partial charge on any atom is -0.480 e. The normalized spacial score (nSPS) is 10.9. The number of amides is 2. The number of carbonyl (C=O) groups excluding carboxylic acids is 2. The molecule has 2 amide bonds. The maximum absolute atomic E-state index is 13.1. The third kappa shape index (κ3) is 5.19. The van der Waals surface area contributed by atoms with E-state index in [4.69, 9.17) is 5.11 Å². The molecule has 0 aliphatic rings. The second kappa shape index (κ2) is 9.69. The zero-order chi connectivity index (χ0) is 20.6. The molecule has 0 spiro atoms. The van der Waals surface area contributed by atoms with Crippen molar-refractivity contribution in [1.29, 1.82) is 0 Å². The lowest BCUT2D eigenvalue weighted by Gasteiger charge is -2.31. The molecule has 2 aromatic carbocycles. The van der Waals surface area contributed by atoms with Crippen molar-refractivity contribution in [1.82, 2.24) is 5.32 Å². The van der Waals surface area contributed by atoms with E-state index < -0.39 is 17.9 Å². The molecule has 6 heteroatoms. The molecule has 0 aromatic heterocycles. The summed E-state index contributed by atoms with van der Waals surface area (Å²) in [5, 5.41) is 13.9. The van der Waals surface area contributed by atoms with Gasteiger partial charge in [0.1, 0.15) is 6.54 Å². The van der Waals surface area contributed by atoms with Gasteiger partial charge in [-0.3, -0.25) is 14.4 Å². The van der Waals surface area contributed by atoms with Crippen LogP contribution in [0.1, 0.15) is 37.8 Å². The lowest BCUT2D eigenvalue weighted by molar-refractivity contribution is -0.137. The van der Waals surface area contributed by atoms with Gasteiger partial charge in [0.05, 0.1) is 11.8 Å². The molecule has 0 saturated heterocycles. The Bertz CT molecular complexity index is 812.